The van der Waals surface area contributed by atoms with Gasteiger partial charge in [-0.1, -0.05) is 112 Å². The summed E-state index contributed by atoms with van der Waals surface area (Å²) in [6.07, 6.45) is 0.957. The van der Waals surface area contributed by atoms with Gasteiger partial charge in [-0.2, -0.15) is 0 Å². The highest BCUT2D eigenvalue weighted by atomic mass is 35.5. The zero-order chi connectivity index (χ0) is 42.1. The number of rotatable bonds is 16. The highest BCUT2D eigenvalue weighted by molar-refractivity contribution is 6.30. The molecule has 3 N–H and O–H groups in total. The van der Waals surface area contributed by atoms with E-state index in [4.69, 9.17) is 26.1 Å². The van der Waals surface area contributed by atoms with E-state index in [0.717, 1.165) is 33.4 Å². The number of nitrogens with zero attached hydrogens (tertiary/aromatic N) is 1. The van der Waals surface area contributed by atoms with E-state index < -0.39 is 18.1 Å². The van der Waals surface area contributed by atoms with E-state index in [0.29, 0.717) is 47.7 Å². The van der Waals surface area contributed by atoms with Crippen LogP contribution in [-0.4, -0.2) is 53.8 Å². The van der Waals surface area contributed by atoms with Gasteiger partial charge >= 0.3 is 12.1 Å². The molecule has 59 heavy (non-hydrogen) atoms. The summed E-state index contributed by atoms with van der Waals surface area (Å²) in [5, 5.41) is 17.0. The Bertz CT molecular complexity index is 2180. The van der Waals surface area contributed by atoms with Crippen LogP contribution in [0.25, 0.3) is 11.1 Å². The molecular weight excluding hydrogens is 766 g/mol. The van der Waals surface area contributed by atoms with Crippen LogP contribution in [0.1, 0.15) is 88.0 Å². The lowest BCUT2D eigenvalue weighted by atomic mass is 9.75. The van der Waals surface area contributed by atoms with Crippen LogP contribution in [0.4, 0.5) is 10.5 Å². The molecule has 0 bridgehead atoms. The number of hydrogen-bond acceptors (Lipinski definition) is 8. The number of Topliss-reactive ketones (excluding diaryl/α,β-unsaturated/α-hetero) is 1. The molecule has 1 unspecified atom stereocenters. The second kappa shape index (κ2) is 19.3. The average Bonchev–Trinajstić information content (AvgIpc) is 3.50. The smallest absolute Gasteiger partial charge is 0.407 e. The summed E-state index contributed by atoms with van der Waals surface area (Å²) in [5.41, 5.74) is 7.31. The van der Waals surface area contributed by atoms with Gasteiger partial charge in [0.25, 0.3) is 0 Å². The van der Waals surface area contributed by atoms with Gasteiger partial charge in [0.15, 0.2) is 5.78 Å². The number of amides is 2. The number of benzene rings is 4. The van der Waals surface area contributed by atoms with E-state index in [2.05, 4.69) is 34.9 Å². The van der Waals surface area contributed by atoms with Crippen molar-refractivity contribution in [2.45, 2.75) is 84.8 Å². The summed E-state index contributed by atoms with van der Waals surface area (Å²) >= 11 is 6.09. The maximum Gasteiger partial charge on any atom is 0.407 e. The van der Waals surface area contributed by atoms with Gasteiger partial charge < -0.3 is 25.2 Å². The van der Waals surface area contributed by atoms with Crippen LogP contribution in [-0.2, 0) is 36.9 Å². The number of ketones is 1. The van der Waals surface area contributed by atoms with E-state index >= 15 is 0 Å². The molecule has 0 spiro atoms. The Morgan fingerprint density at radius 3 is 2.10 bits per heavy atom. The number of allylic oxidation sites excluding steroid dienone is 2. The van der Waals surface area contributed by atoms with Crippen molar-refractivity contribution >= 4 is 46.8 Å². The molecule has 6 rings (SSSR count). The van der Waals surface area contributed by atoms with Gasteiger partial charge in [0, 0.05) is 42.8 Å². The van der Waals surface area contributed by atoms with Gasteiger partial charge in [0.2, 0.25) is 5.91 Å². The maximum atomic E-state index is 13.2. The number of aliphatic imine (C=N–C) groups is 1. The molecule has 308 valence electrons. The minimum absolute atomic E-state index is 0.0301. The molecule has 2 amide bonds. The largest absolute Gasteiger partial charge is 0.511 e. The van der Waals surface area contributed by atoms with Gasteiger partial charge in [0.05, 0.1) is 23.4 Å². The van der Waals surface area contributed by atoms with Crippen LogP contribution in [0.15, 0.2) is 113 Å². The van der Waals surface area contributed by atoms with Gasteiger partial charge in [-0.05, 0) is 81.8 Å². The zero-order valence-corrected chi connectivity index (χ0v) is 34.8. The van der Waals surface area contributed by atoms with Gasteiger partial charge in [-0.15, -0.1) is 0 Å². The quantitative estimate of drug-likeness (QED) is 0.0755. The molecule has 0 heterocycles. The van der Waals surface area contributed by atoms with Crippen molar-refractivity contribution < 1.29 is 33.8 Å². The first kappa shape index (κ1) is 42.9. The number of carbonyl (C=O) groups excluding carboxylic acids is 4. The number of aliphatic hydroxyl groups is 1. The third-order valence-corrected chi connectivity index (χ3v) is 10.7. The number of esters is 1. The van der Waals surface area contributed by atoms with Crippen LogP contribution in [0.2, 0.25) is 5.02 Å². The molecule has 0 radical (unpaired) electrons. The first-order valence-electron chi connectivity index (χ1n) is 20.1. The summed E-state index contributed by atoms with van der Waals surface area (Å²) < 4.78 is 11.2. The number of fused-ring (bicyclic) bond motifs is 3. The summed E-state index contributed by atoms with van der Waals surface area (Å²) in [4.78, 5) is 56.7. The number of aliphatic hydroxyl groups excluding tert-OH is 1. The molecule has 0 saturated heterocycles. The van der Waals surface area contributed by atoms with E-state index in [1.165, 1.54) is 0 Å². The molecule has 4 aromatic carbocycles. The Kier molecular flexibility index (Phi) is 14.0. The summed E-state index contributed by atoms with van der Waals surface area (Å²) in [5.74, 6) is -0.710. The Labute approximate surface area is 351 Å². The topological polar surface area (TPSA) is 143 Å². The average molecular weight is 818 g/mol. The zero-order valence-electron chi connectivity index (χ0n) is 34.1. The number of halogens is 1. The monoisotopic (exact) mass is 817 g/mol. The van der Waals surface area contributed by atoms with Crippen LogP contribution >= 0.6 is 11.6 Å². The van der Waals surface area contributed by atoms with Crippen molar-refractivity contribution in [3.63, 3.8) is 0 Å². The highest BCUT2D eigenvalue weighted by Crippen LogP contribution is 2.44. The molecule has 0 aliphatic heterocycles. The standard InChI is InChI=1S/C48H52ClN3O7/c1-30(2)23-41(46-42(53)26-48(3,4)27-43(46)54)51-34-19-15-32(16-20-34)28-58-45(56)21-22-50-44(55)25-35(24-31-13-17-33(49)18-14-31)52-47(57)59-29-40-38-11-7-5-9-36(38)37-10-6-8-12-39(37)40/h5-20,30,35,40,53H,21-29H2,1-4H3,(H,50,55)(H,52,57). The molecule has 4 aromatic rings. The number of carbonyl (C=O) groups is 4. The number of ether oxygens (including phenoxy) is 2. The third-order valence-electron chi connectivity index (χ3n) is 10.5. The van der Waals surface area contributed by atoms with Crippen molar-refractivity contribution in [2.24, 2.45) is 16.3 Å². The van der Waals surface area contributed by atoms with Gasteiger partial charge in [-0.3, -0.25) is 19.4 Å². The Hall–Kier alpha value is -5.74. The van der Waals surface area contributed by atoms with E-state index in [9.17, 15) is 24.3 Å². The maximum absolute atomic E-state index is 13.2. The molecule has 0 saturated carbocycles. The minimum atomic E-state index is -0.627. The van der Waals surface area contributed by atoms with E-state index in [1.54, 1.807) is 36.4 Å². The van der Waals surface area contributed by atoms with Crippen molar-refractivity contribution in [2.75, 3.05) is 13.2 Å². The fraction of sp³-hybridized carbons (Fsp3) is 0.354. The second-order valence-electron chi connectivity index (χ2n) is 16.5. The molecule has 0 aromatic heterocycles. The highest BCUT2D eigenvalue weighted by Gasteiger charge is 2.35. The molecule has 0 fully saturated rings. The van der Waals surface area contributed by atoms with Crippen LogP contribution in [0.3, 0.4) is 0 Å². The second-order valence-corrected chi connectivity index (χ2v) is 17.0. The predicted molar refractivity (Wildman–Crippen MR) is 230 cm³/mol. The van der Waals surface area contributed by atoms with Crippen LogP contribution < -0.4 is 10.6 Å². The fourth-order valence-corrected chi connectivity index (χ4v) is 7.88. The van der Waals surface area contributed by atoms with E-state index in [1.807, 2.05) is 64.1 Å². The molecular formula is C48H52ClN3O7. The summed E-state index contributed by atoms with van der Waals surface area (Å²) in [7, 11) is 0. The normalized spacial score (nSPS) is 15.4. The Morgan fingerprint density at radius 1 is 0.847 bits per heavy atom. The predicted octanol–water partition coefficient (Wildman–Crippen LogP) is 9.75. The first-order valence-corrected chi connectivity index (χ1v) is 20.5. The summed E-state index contributed by atoms with van der Waals surface area (Å²) in [6, 6.07) is 30.0. The van der Waals surface area contributed by atoms with E-state index in [-0.39, 0.29) is 67.3 Å². The lowest BCUT2D eigenvalue weighted by Crippen LogP contribution is -2.41. The van der Waals surface area contributed by atoms with Gasteiger partial charge in [-0.25, -0.2) is 4.79 Å². The minimum Gasteiger partial charge on any atom is -0.511 e. The number of nitrogens with one attached hydrogen (secondary N) is 2. The Balaban J connectivity index is 0.987. The molecule has 2 aliphatic rings. The fourth-order valence-electron chi connectivity index (χ4n) is 7.75. The van der Waals surface area contributed by atoms with Crippen LogP contribution in [0.5, 0.6) is 0 Å². The number of alkyl carbamates (subject to hydrolysis) is 1. The Morgan fingerprint density at radius 2 is 1.47 bits per heavy atom. The molecule has 2 aliphatic carbocycles. The first-order chi connectivity index (χ1) is 28.2. The number of hydrogen-bond donors (Lipinski definition) is 3. The third kappa shape index (κ3) is 11.7. The van der Waals surface area contributed by atoms with Crippen molar-refractivity contribution in [1.82, 2.24) is 10.6 Å². The van der Waals surface area contributed by atoms with Gasteiger partial charge in [0.1, 0.15) is 19.0 Å². The van der Waals surface area contributed by atoms with Crippen molar-refractivity contribution in [3.05, 3.63) is 136 Å². The lowest BCUT2D eigenvalue weighted by Gasteiger charge is -2.30. The van der Waals surface area contributed by atoms with Crippen molar-refractivity contribution in [3.8, 4) is 11.1 Å². The van der Waals surface area contributed by atoms with Crippen molar-refractivity contribution in [1.29, 1.82) is 0 Å². The summed E-state index contributed by atoms with van der Waals surface area (Å²) in [6.45, 7) is 8.25. The molecule has 11 heteroatoms. The molecule has 10 nitrogen and oxygen atoms in total. The molecule has 1 atom stereocenters. The lowest BCUT2D eigenvalue weighted by molar-refractivity contribution is -0.144. The SMILES string of the molecule is CC(C)CC(=Nc1ccc(COC(=O)CCNC(=O)CC(Cc2ccc(Cl)cc2)NC(=O)OCC2c3ccccc3-c3ccccc32)cc1)C1=C(O)CC(C)(C)CC1=O. The van der Waals surface area contributed by atoms with Crippen LogP contribution in [0, 0.1) is 11.3 Å².